The quantitative estimate of drug-likeness (QED) is 0.165. The van der Waals surface area contributed by atoms with Crippen LogP contribution in [0.25, 0.3) is 0 Å². The molecule has 7 amide bonds. The Bertz CT molecular complexity index is 2180. The Balaban J connectivity index is 0.855. The van der Waals surface area contributed by atoms with Crippen molar-refractivity contribution in [3.8, 4) is 11.5 Å². The van der Waals surface area contributed by atoms with E-state index in [9.17, 15) is 38.7 Å². The summed E-state index contributed by atoms with van der Waals surface area (Å²) in [5.41, 5.74) is 2.69. The number of benzene rings is 3. The van der Waals surface area contributed by atoms with Gasteiger partial charge in [0, 0.05) is 48.5 Å². The fraction of sp³-hybridized carbons (Fsp3) is 0.250. The van der Waals surface area contributed by atoms with Crippen molar-refractivity contribution in [2.45, 2.75) is 57.7 Å². The minimum Gasteiger partial charge on any atom is -0.508 e. The van der Waals surface area contributed by atoms with Gasteiger partial charge in [-0.1, -0.05) is 11.3 Å². The number of anilines is 3. The molecule has 0 saturated carbocycles. The number of phenols is 1. The maximum Gasteiger partial charge on any atom is 0.420 e. The minimum absolute atomic E-state index is 0.000627. The smallest absolute Gasteiger partial charge is 0.420 e. The van der Waals surface area contributed by atoms with Crippen LogP contribution in [0.3, 0.4) is 0 Å². The maximum absolute atomic E-state index is 13.3. The van der Waals surface area contributed by atoms with Crippen molar-refractivity contribution in [2.75, 3.05) is 15.5 Å². The van der Waals surface area contributed by atoms with Crippen LogP contribution in [0.2, 0.25) is 0 Å². The summed E-state index contributed by atoms with van der Waals surface area (Å²) < 4.78 is 6.87. The predicted octanol–water partition coefficient (Wildman–Crippen LogP) is 2.89. The number of phenolic OH excluding ortho intramolecular Hbond substituents is 1. The molecular weight excluding hydrogens is 688 g/mol. The number of carbonyl (C=O) groups excluding carboxylic acids is 7. The summed E-state index contributed by atoms with van der Waals surface area (Å²) in [6.07, 6.45) is 2.13. The molecule has 270 valence electrons. The van der Waals surface area contributed by atoms with E-state index < -0.39 is 41.7 Å². The number of imide groups is 2. The van der Waals surface area contributed by atoms with Crippen molar-refractivity contribution < 1.29 is 43.4 Å². The first-order chi connectivity index (χ1) is 25.5. The van der Waals surface area contributed by atoms with E-state index in [0.717, 1.165) is 10.5 Å². The summed E-state index contributed by atoms with van der Waals surface area (Å²) in [5, 5.41) is 25.5. The number of fused-ring (bicyclic) bond motifs is 2. The summed E-state index contributed by atoms with van der Waals surface area (Å²) in [6, 6.07) is 14.7. The molecule has 3 aliphatic heterocycles. The molecule has 0 bridgehead atoms. The molecule has 4 aromatic rings. The van der Waals surface area contributed by atoms with Gasteiger partial charge in [0.2, 0.25) is 23.6 Å². The van der Waals surface area contributed by atoms with Gasteiger partial charge in [0.25, 0.3) is 11.8 Å². The number of ether oxygens (including phenoxy) is 1. The van der Waals surface area contributed by atoms with Crippen LogP contribution in [0, 0.1) is 0 Å². The Morgan fingerprint density at radius 3 is 2.53 bits per heavy atom. The summed E-state index contributed by atoms with van der Waals surface area (Å²) in [4.78, 5) is 90.5. The molecule has 7 rings (SSSR count). The zero-order valence-corrected chi connectivity index (χ0v) is 28.0. The first-order valence-electron chi connectivity index (χ1n) is 16.8. The van der Waals surface area contributed by atoms with Crippen LogP contribution in [0.5, 0.6) is 11.5 Å². The van der Waals surface area contributed by atoms with Gasteiger partial charge in [-0.05, 0) is 67.8 Å². The largest absolute Gasteiger partial charge is 0.508 e. The van der Waals surface area contributed by atoms with Crippen LogP contribution in [-0.4, -0.2) is 72.6 Å². The van der Waals surface area contributed by atoms with Crippen molar-refractivity contribution in [1.82, 2.24) is 25.2 Å². The van der Waals surface area contributed by atoms with E-state index in [0.29, 0.717) is 35.7 Å². The number of amides is 7. The Morgan fingerprint density at radius 2 is 1.74 bits per heavy atom. The molecule has 1 atom stereocenters. The molecule has 17 heteroatoms. The first-order valence-corrected chi connectivity index (χ1v) is 16.8. The van der Waals surface area contributed by atoms with Gasteiger partial charge in [-0.3, -0.25) is 48.6 Å². The molecule has 17 nitrogen and oxygen atoms in total. The topological polar surface area (TPSA) is 222 Å². The number of aryl methyl sites for hydroxylation is 2. The molecule has 1 unspecified atom stereocenters. The Labute approximate surface area is 300 Å². The second kappa shape index (κ2) is 14.4. The summed E-state index contributed by atoms with van der Waals surface area (Å²) in [7, 11) is 0. The molecule has 1 fully saturated rings. The van der Waals surface area contributed by atoms with Gasteiger partial charge in [0.1, 0.15) is 17.5 Å². The molecule has 3 aromatic carbocycles. The number of hydrogen-bond donors (Lipinski definition) is 4. The second-order valence-electron chi connectivity index (χ2n) is 12.6. The summed E-state index contributed by atoms with van der Waals surface area (Å²) in [5.74, 6) is -2.89. The Hall–Kier alpha value is -6.91. The lowest BCUT2D eigenvalue weighted by atomic mass is 10.0. The number of aromatic hydroxyl groups is 1. The first kappa shape index (κ1) is 34.5. The van der Waals surface area contributed by atoms with E-state index in [1.54, 1.807) is 36.5 Å². The van der Waals surface area contributed by atoms with Crippen LogP contribution in [0.1, 0.15) is 64.1 Å². The summed E-state index contributed by atoms with van der Waals surface area (Å²) in [6.45, 7) is 0.524. The average molecular weight is 721 g/mol. The lowest BCUT2D eigenvalue weighted by molar-refractivity contribution is -0.136. The van der Waals surface area contributed by atoms with Crippen molar-refractivity contribution in [3.05, 3.63) is 89.2 Å². The highest BCUT2D eigenvalue weighted by molar-refractivity contribution is 6.26. The predicted molar refractivity (Wildman–Crippen MR) is 185 cm³/mol. The number of nitrogens with one attached hydrogen (secondary N) is 3. The standard InChI is InChI=1S/C36H32N8O9/c45-24-12-7-20-18-43(36(52)53-28(20)17-24)23-10-8-21(9-11-23)37-31(48)15-16-42-19-22(40-41-42)3-1-6-29(46)38-26-5-2-4-25-32(26)35(51)44(34(25)50)27-13-14-30(47)39-33(27)49/h2,4-5,7-12,17,19,27,45H,1,3,6,13-16,18H2,(H,37,48)(H,38,46)(H,39,47,49). The van der Waals surface area contributed by atoms with Crippen molar-refractivity contribution >= 4 is 58.6 Å². The highest BCUT2D eigenvalue weighted by Crippen LogP contribution is 2.34. The molecule has 4 N–H and O–H groups in total. The molecule has 1 aromatic heterocycles. The monoisotopic (exact) mass is 720 g/mol. The third-order valence-corrected chi connectivity index (χ3v) is 8.99. The van der Waals surface area contributed by atoms with Crippen LogP contribution < -0.4 is 25.6 Å². The zero-order chi connectivity index (χ0) is 37.2. The fourth-order valence-electron chi connectivity index (χ4n) is 6.34. The van der Waals surface area contributed by atoms with Crippen molar-refractivity contribution in [2.24, 2.45) is 0 Å². The summed E-state index contributed by atoms with van der Waals surface area (Å²) >= 11 is 0. The van der Waals surface area contributed by atoms with Gasteiger partial charge < -0.3 is 20.5 Å². The van der Waals surface area contributed by atoms with E-state index in [1.807, 2.05) is 0 Å². The van der Waals surface area contributed by atoms with Crippen molar-refractivity contribution in [3.63, 3.8) is 0 Å². The normalized spacial score (nSPS) is 16.5. The third-order valence-electron chi connectivity index (χ3n) is 8.99. The average Bonchev–Trinajstić information content (AvgIpc) is 3.69. The number of piperidine rings is 1. The number of nitrogens with zero attached hydrogens (tertiary/aromatic N) is 5. The van der Waals surface area contributed by atoms with Crippen LogP contribution in [0.4, 0.5) is 21.9 Å². The minimum atomic E-state index is -1.11. The Morgan fingerprint density at radius 1 is 0.943 bits per heavy atom. The number of carbonyl (C=O) groups is 7. The van der Waals surface area contributed by atoms with Gasteiger partial charge in [-0.25, -0.2) is 4.79 Å². The highest BCUT2D eigenvalue weighted by Gasteiger charge is 2.45. The maximum atomic E-state index is 13.3. The molecular formula is C36H32N8O9. The van der Waals surface area contributed by atoms with Gasteiger partial charge in [-0.15, -0.1) is 5.10 Å². The Kier molecular flexibility index (Phi) is 9.37. The molecule has 0 radical (unpaired) electrons. The molecule has 0 spiro atoms. The SMILES string of the molecule is O=C1CCC(N2C(=O)c3cccc(NC(=O)CCCc4cn(CCC(=O)Nc5ccc(N6Cc7ccc(O)cc7OC6=O)cc5)nn4)c3C2=O)C(=O)N1. The van der Waals surface area contributed by atoms with Crippen molar-refractivity contribution in [1.29, 1.82) is 0 Å². The third kappa shape index (κ3) is 7.30. The van der Waals surface area contributed by atoms with Crippen LogP contribution in [-0.2, 0) is 38.7 Å². The van der Waals surface area contributed by atoms with Crippen LogP contribution in [0.15, 0.2) is 66.9 Å². The van der Waals surface area contributed by atoms with E-state index in [1.165, 1.54) is 39.9 Å². The molecule has 1 saturated heterocycles. The second-order valence-corrected chi connectivity index (χ2v) is 12.6. The number of aromatic nitrogens is 3. The molecule has 4 heterocycles. The lowest BCUT2D eigenvalue weighted by Crippen LogP contribution is -2.54. The van der Waals surface area contributed by atoms with E-state index in [-0.39, 0.29) is 67.2 Å². The highest BCUT2D eigenvalue weighted by atomic mass is 16.6. The van der Waals surface area contributed by atoms with Gasteiger partial charge in [0.15, 0.2) is 0 Å². The van der Waals surface area contributed by atoms with E-state index in [4.69, 9.17) is 4.74 Å². The van der Waals surface area contributed by atoms with Gasteiger partial charge in [-0.2, -0.15) is 0 Å². The molecule has 53 heavy (non-hydrogen) atoms. The van der Waals surface area contributed by atoms with Gasteiger partial charge in [0.05, 0.1) is 35.6 Å². The van der Waals surface area contributed by atoms with E-state index >= 15 is 0 Å². The number of rotatable bonds is 11. The van der Waals surface area contributed by atoms with Crippen LogP contribution >= 0.6 is 0 Å². The lowest BCUT2D eigenvalue weighted by Gasteiger charge is -2.28. The molecule has 3 aliphatic rings. The van der Waals surface area contributed by atoms with Gasteiger partial charge >= 0.3 is 6.09 Å². The zero-order valence-electron chi connectivity index (χ0n) is 28.0. The molecule has 0 aliphatic carbocycles. The van der Waals surface area contributed by atoms with E-state index in [2.05, 4.69) is 26.3 Å². The fourth-order valence-corrected chi connectivity index (χ4v) is 6.34. The number of hydrogen-bond acceptors (Lipinski definition) is 11.